The first-order valence-electron chi connectivity index (χ1n) is 5.47. The largest absolute Gasteiger partial charge is 0.430 e. The van der Waals surface area contributed by atoms with E-state index in [1.54, 1.807) is 12.3 Å². The summed E-state index contributed by atoms with van der Waals surface area (Å²) in [5.41, 5.74) is 8.24. The van der Waals surface area contributed by atoms with Crippen molar-refractivity contribution in [1.82, 2.24) is 9.97 Å². The number of nitrogen functional groups attached to an aromatic ring is 1. The summed E-state index contributed by atoms with van der Waals surface area (Å²) in [5, 5.41) is 3.47. The van der Waals surface area contributed by atoms with E-state index in [2.05, 4.69) is 9.97 Å². The van der Waals surface area contributed by atoms with Gasteiger partial charge in [-0.1, -0.05) is 11.3 Å². The summed E-state index contributed by atoms with van der Waals surface area (Å²) >= 11 is 1.47. The zero-order valence-corrected chi connectivity index (χ0v) is 10.6. The molecule has 2 N–H and O–H groups in total. The van der Waals surface area contributed by atoms with E-state index in [4.69, 9.17) is 10.5 Å². The van der Waals surface area contributed by atoms with Crippen LogP contribution >= 0.6 is 11.3 Å². The number of benzene rings is 1. The maximum Gasteiger partial charge on any atom is 0.278 e. The molecule has 0 atom stereocenters. The van der Waals surface area contributed by atoms with E-state index >= 15 is 0 Å². The predicted octanol–water partition coefficient (Wildman–Crippen LogP) is 3.37. The lowest BCUT2D eigenvalue weighted by Crippen LogP contribution is -1.92. The SMILES string of the molecule is Cc1csc(Oc2ccc(N)c3ncccc23)n1. The zero-order valence-electron chi connectivity index (χ0n) is 9.75. The number of fused-ring (bicyclic) bond motifs is 1. The third kappa shape index (κ3) is 1.89. The Morgan fingerprint density at radius 1 is 1.28 bits per heavy atom. The van der Waals surface area contributed by atoms with Crippen molar-refractivity contribution < 1.29 is 4.74 Å². The molecule has 0 aliphatic carbocycles. The highest BCUT2D eigenvalue weighted by Gasteiger charge is 2.08. The minimum absolute atomic E-state index is 0.627. The summed E-state index contributed by atoms with van der Waals surface area (Å²) in [4.78, 5) is 8.55. The minimum Gasteiger partial charge on any atom is -0.430 e. The molecule has 3 rings (SSSR count). The summed E-state index contributed by atoms with van der Waals surface area (Å²) in [7, 11) is 0. The van der Waals surface area contributed by atoms with Crippen molar-refractivity contribution in [2.75, 3.05) is 5.73 Å². The van der Waals surface area contributed by atoms with Gasteiger partial charge in [0.2, 0.25) is 0 Å². The van der Waals surface area contributed by atoms with Crippen LogP contribution in [0.25, 0.3) is 10.9 Å². The molecule has 0 amide bonds. The zero-order chi connectivity index (χ0) is 12.5. The summed E-state index contributed by atoms with van der Waals surface area (Å²) in [6, 6.07) is 7.44. The Morgan fingerprint density at radius 2 is 2.17 bits per heavy atom. The Morgan fingerprint density at radius 3 is 2.94 bits per heavy atom. The molecule has 0 bridgehead atoms. The van der Waals surface area contributed by atoms with Crippen LogP contribution in [0.5, 0.6) is 10.9 Å². The van der Waals surface area contributed by atoms with Crippen molar-refractivity contribution in [3.05, 3.63) is 41.5 Å². The van der Waals surface area contributed by atoms with Crippen LogP contribution in [0.3, 0.4) is 0 Å². The molecule has 0 fully saturated rings. The van der Waals surface area contributed by atoms with Crippen LogP contribution in [0, 0.1) is 6.92 Å². The summed E-state index contributed by atoms with van der Waals surface area (Å²) in [6.07, 6.45) is 1.72. The molecule has 0 aliphatic rings. The van der Waals surface area contributed by atoms with Crippen LogP contribution < -0.4 is 10.5 Å². The fourth-order valence-corrected chi connectivity index (χ4v) is 2.39. The molecule has 0 aliphatic heterocycles. The van der Waals surface area contributed by atoms with E-state index in [-0.39, 0.29) is 0 Å². The van der Waals surface area contributed by atoms with Crippen LogP contribution in [0.4, 0.5) is 5.69 Å². The number of nitrogens with two attached hydrogens (primary N) is 1. The van der Waals surface area contributed by atoms with Gasteiger partial charge in [-0.15, -0.1) is 0 Å². The van der Waals surface area contributed by atoms with Crippen molar-refractivity contribution in [3.8, 4) is 10.9 Å². The van der Waals surface area contributed by atoms with Gasteiger partial charge in [-0.25, -0.2) is 4.98 Å². The molecular formula is C13H11N3OS. The monoisotopic (exact) mass is 257 g/mol. The number of thiazole rings is 1. The van der Waals surface area contributed by atoms with Crippen LogP contribution in [0.2, 0.25) is 0 Å². The molecule has 2 aromatic heterocycles. The van der Waals surface area contributed by atoms with Crippen LogP contribution in [-0.4, -0.2) is 9.97 Å². The molecule has 1 aromatic carbocycles. The van der Waals surface area contributed by atoms with E-state index in [0.29, 0.717) is 10.9 Å². The lowest BCUT2D eigenvalue weighted by molar-refractivity contribution is 0.483. The number of hydrogen-bond acceptors (Lipinski definition) is 5. The first-order valence-corrected chi connectivity index (χ1v) is 6.35. The standard InChI is InChI=1S/C13H11N3OS/c1-8-7-18-13(16-8)17-11-5-4-10(14)12-9(11)3-2-6-15-12/h2-7H,14H2,1H3. The lowest BCUT2D eigenvalue weighted by atomic mass is 10.2. The van der Waals surface area contributed by atoms with Gasteiger partial charge < -0.3 is 10.5 Å². The fourth-order valence-electron chi connectivity index (χ4n) is 1.73. The normalized spacial score (nSPS) is 10.7. The Kier molecular flexibility index (Phi) is 2.60. The number of nitrogens with zero attached hydrogens (tertiary/aromatic N) is 2. The van der Waals surface area contributed by atoms with E-state index < -0.39 is 0 Å². The minimum atomic E-state index is 0.627. The number of pyridine rings is 1. The molecule has 0 spiro atoms. The van der Waals surface area contributed by atoms with Gasteiger partial charge in [-0.2, -0.15) is 0 Å². The highest BCUT2D eigenvalue weighted by molar-refractivity contribution is 7.11. The number of ether oxygens (including phenoxy) is 1. The number of hydrogen-bond donors (Lipinski definition) is 1. The highest BCUT2D eigenvalue weighted by atomic mass is 32.1. The molecule has 0 saturated heterocycles. The third-order valence-corrected chi connectivity index (χ3v) is 3.39. The number of anilines is 1. The van der Waals surface area contributed by atoms with Crippen LogP contribution in [-0.2, 0) is 0 Å². The van der Waals surface area contributed by atoms with Gasteiger partial charge in [0.25, 0.3) is 5.19 Å². The van der Waals surface area contributed by atoms with E-state index in [9.17, 15) is 0 Å². The summed E-state index contributed by atoms with van der Waals surface area (Å²) < 4.78 is 5.78. The Bertz CT molecular complexity index is 708. The maximum absolute atomic E-state index is 5.89. The van der Waals surface area contributed by atoms with Gasteiger partial charge in [0.1, 0.15) is 5.75 Å². The topological polar surface area (TPSA) is 61.0 Å². The third-order valence-electron chi connectivity index (χ3n) is 2.56. The second kappa shape index (κ2) is 4.27. The van der Waals surface area contributed by atoms with Crippen molar-refractivity contribution in [3.63, 3.8) is 0 Å². The Labute approximate surface area is 108 Å². The van der Waals surface area contributed by atoms with Crippen molar-refractivity contribution in [2.24, 2.45) is 0 Å². The van der Waals surface area contributed by atoms with Crippen molar-refractivity contribution in [1.29, 1.82) is 0 Å². The molecule has 0 saturated carbocycles. The molecule has 5 heteroatoms. The second-order valence-corrected chi connectivity index (χ2v) is 4.73. The van der Waals surface area contributed by atoms with Gasteiger partial charge in [-0.05, 0) is 31.2 Å². The summed E-state index contributed by atoms with van der Waals surface area (Å²) in [6.45, 7) is 1.94. The number of aromatic nitrogens is 2. The van der Waals surface area contributed by atoms with Gasteiger partial charge in [-0.3, -0.25) is 4.98 Å². The van der Waals surface area contributed by atoms with Gasteiger partial charge in [0, 0.05) is 17.0 Å². The maximum atomic E-state index is 5.89. The van der Waals surface area contributed by atoms with E-state index in [0.717, 1.165) is 22.3 Å². The first-order chi connectivity index (χ1) is 8.74. The molecule has 3 aromatic rings. The summed E-state index contributed by atoms with van der Waals surface area (Å²) in [5.74, 6) is 0.724. The molecule has 4 nitrogen and oxygen atoms in total. The van der Waals surface area contributed by atoms with E-state index in [1.165, 1.54) is 11.3 Å². The lowest BCUT2D eigenvalue weighted by Gasteiger charge is -2.07. The molecule has 0 radical (unpaired) electrons. The predicted molar refractivity (Wildman–Crippen MR) is 73.1 cm³/mol. The Balaban J connectivity index is 2.09. The molecular weight excluding hydrogens is 246 g/mol. The second-order valence-electron chi connectivity index (χ2n) is 3.91. The quantitative estimate of drug-likeness (QED) is 0.715. The first kappa shape index (κ1) is 11.0. The van der Waals surface area contributed by atoms with Gasteiger partial charge >= 0.3 is 0 Å². The van der Waals surface area contributed by atoms with Crippen molar-refractivity contribution in [2.45, 2.75) is 6.92 Å². The number of rotatable bonds is 2. The molecule has 0 unspecified atom stereocenters. The van der Waals surface area contributed by atoms with Gasteiger partial charge in [0.15, 0.2) is 0 Å². The average molecular weight is 257 g/mol. The highest BCUT2D eigenvalue weighted by Crippen LogP contribution is 2.32. The van der Waals surface area contributed by atoms with Crippen LogP contribution in [0.15, 0.2) is 35.8 Å². The fraction of sp³-hybridized carbons (Fsp3) is 0.0769. The smallest absolute Gasteiger partial charge is 0.278 e. The molecule has 18 heavy (non-hydrogen) atoms. The van der Waals surface area contributed by atoms with Gasteiger partial charge in [0.05, 0.1) is 16.9 Å². The number of aryl methyl sites for hydroxylation is 1. The van der Waals surface area contributed by atoms with Crippen molar-refractivity contribution >= 4 is 27.9 Å². The van der Waals surface area contributed by atoms with Crippen LogP contribution in [0.1, 0.15) is 5.69 Å². The van der Waals surface area contributed by atoms with E-state index in [1.807, 2.05) is 30.5 Å². The Hall–Kier alpha value is -2.14. The average Bonchev–Trinajstić information content (AvgIpc) is 2.79. The molecule has 2 heterocycles. The molecule has 90 valence electrons.